The number of anilines is 1. The van der Waals surface area contributed by atoms with Gasteiger partial charge in [-0.3, -0.25) is 9.36 Å². The van der Waals surface area contributed by atoms with Crippen molar-refractivity contribution in [3.63, 3.8) is 0 Å². The molecule has 1 fully saturated rings. The van der Waals surface area contributed by atoms with Gasteiger partial charge in [0.2, 0.25) is 5.95 Å². The van der Waals surface area contributed by atoms with Gasteiger partial charge in [0.25, 0.3) is 5.56 Å². The van der Waals surface area contributed by atoms with Gasteiger partial charge < -0.3 is 5.32 Å². The largest absolute Gasteiger partial charge is 0.352 e. The lowest BCUT2D eigenvalue weighted by molar-refractivity contribution is 0.511. The van der Waals surface area contributed by atoms with Crippen molar-refractivity contribution >= 4 is 17.0 Å². The average molecular weight is 433 g/mol. The van der Waals surface area contributed by atoms with Crippen LogP contribution in [0.5, 0.6) is 0 Å². The Kier molecular flexibility index (Phi) is 6.92. The molecule has 32 heavy (non-hydrogen) atoms. The van der Waals surface area contributed by atoms with Gasteiger partial charge in [0.05, 0.1) is 0 Å². The van der Waals surface area contributed by atoms with Crippen LogP contribution in [-0.2, 0) is 0 Å². The number of fused-ring (bicyclic) bond motifs is 1. The summed E-state index contributed by atoms with van der Waals surface area (Å²) < 4.78 is 1.97. The Labute approximate surface area is 191 Å². The van der Waals surface area contributed by atoms with Crippen molar-refractivity contribution in [1.29, 1.82) is 0 Å². The fourth-order valence-corrected chi connectivity index (χ4v) is 4.82. The van der Waals surface area contributed by atoms with Crippen molar-refractivity contribution in [2.75, 3.05) is 5.32 Å². The minimum absolute atomic E-state index is 0.0228. The molecule has 5 nitrogen and oxygen atoms in total. The number of rotatable bonds is 8. The molecule has 1 aromatic carbocycles. The van der Waals surface area contributed by atoms with E-state index in [1.165, 1.54) is 12.8 Å². The number of pyridine rings is 1. The molecule has 3 aromatic rings. The summed E-state index contributed by atoms with van der Waals surface area (Å²) in [5.41, 5.74) is 2.84. The minimum atomic E-state index is 0.0228. The molecule has 2 atom stereocenters. The first-order valence-electron chi connectivity index (χ1n) is 12.2. The Bertz CT molecular complexity index is 1100. The maximum absolute atomic E-state index is 13.8. The van der Waals surface area contributed by atoms with Gasteiger partial charge in [0, 0.05) is 35.1 Å². The lowest BCUT2D eigenvalue weighted by atomic mass is 9.93. The molecule has 170 valence electrons. The molecule has 0 spiro atoms. The van der Waals surface area contributed by atoms with Crippen molar-refractivity contribution < 1.29 is 0 Å². The van der Waals surface area contributed by atoms with Crippen molar-refractivity contribution in [3.05, 3.63) is 64.1 Å². The second kappa shape index (κ2) is 9.85. The molecule has 2 heterocycles. The van der Waals surface area contributed by atoms with E-state index in [1.807, 2.05) is 35.0 Å². The molecule has 1 aliphatic rings. The van der Waals surface area contributed by atoms with E-state index in [-0.39, 0.29) is 17.5 Å². The molecule has 0 bridgehead atoms. The van der Waals surface area contributed by atoms with Crippen molar-refractivity contribution in [3.8, 4) is 0 Å². The molecule has 0 amide bonds. The lowest BCUT2D eigenvalue weighted by Crippen LogP contribution is -2.29. The van der Waals surface area contributed by atoms with Gasteiger partial charge in [0.1, 0.15) is 5.65 Å². The molecule has 5 heteroatoms. The highest BCUT2D eigenvalue weighted by Crippen LogP contribution is 2.32. The third-order valence-corrected chi connectivity index (χ3v) is 6.81. The van der Waals surface area contributed by atoms with Crippen LogP contribution >= 0.6 is 0 Å². The van der Waals surface area contributed by atoms with E-state index in [1.54, 1.807) is 0 Å². The number of hydrogen-bond acceptors (Lipinski definition) is 4. The summed E-state index contributed by atoms with van der Waals surface area (Å²) in [6.07, 6.45) is 8.52. The molecular formula is C27H36N4O. The third kappa shape index (κ3) is 4.87. The van der Waals surface area contributed by atoms with E-state index < -0.39 is 0 Å². The highest BCUT2D eigenvalue weighted by Gasteiger charge is 2.24. The van der Waals surface area contributed by atoms with Gasteiger partial charge in [-0.1, -0.05) is 63.9 Å². The van der Waals surface area contributed by atoms with Gasteiger partial charge in [-0.15, -0.1) is 0 Å². The fraction of sp³-hybridized carbons (Fsp3) is 0.519. The average Bonchev–Trinajstić information content (AvgIpc) is 3.32. The Morgan fingerprint density at radius 1 is 1.06 bits per heavy atom. The SMILES string of the molecule is CC(C)CCC(C)Nc1ncc2cc(C(C)c3ccccc3)c(=O)n(C3CCCC3)c2n1. The van der Waals surface area contributed by atoms with Crippen LogP contribution in [0, 0.1) is 5.92 Å². The Morgan fingerprint density at radius 3 is 2.47 bits per heavy atom. The van der Waals surface area contributed by atoms with E-state index in [0.717, 1.165) is 47.8 Å². The molecule has 4 rings (SSSR count). The molecule has 0 saturated heterocycles. The molecular weight excluding hydrogens is 396 g/mol. The summed E-state index contributed by atoms with van der Waals surface area (Å²) in [5.74, 6) is 1.31. The van der Waals surface area contributed by atoms with E-state index in [4.69, 9.17) is 4.98 Å². The number of nitrogens with one attached hydrogen (secondary N) is 1. The predicted molar refractivity (Wildman–Crippen MR) is 132 cm³/mol. The van der Waals surface area contributed by atoms with Crippen LogP contribution in [0.25, 0.3) is 11.0 Å². The number of benzene rings is 1. The Morgan fingerprint density at radius 2 is 1.78 bits per heavy atom. The first-order chi connectivity index (χ1) is 15.4. The minimum Gasteiger partial charge on any atom is -0.352 e. The first kappa shape index (κ1) is 22.5. The molecule has 2 unspecified atom stereocenters. The smallest absolute Gasteiger partial charge is 0.256 e. The number of hydrogen-bond donors (Lipinski definition) is 1. The topological polar surface area (TPSA) is 59.8 Å². The zero-order valence-corrected chi connectivity index (χ0v) is 19.8. The third-order valence-electron chi connectivity index (χ3n) is 6.81. The first-order valence-corrected chi connectivity index (χ1v) is 12.2. The van der Waals surface area contributed by atoms with Crippen molar-refractivity contribution in [2.45, 2.75) is 84.2 Å². The van der Waals surface area contributed by atoms with Gasteiger partial charge in [-0.2, -0.15) is 4.98 Å². The van der Waals surface area contributed by atoms with Crippen LogP contribution in [0.15, 0.2) is 47.4 Å². The summed E-state index contributed by atoms with van der Waals surface area (Å²) in [6, 6.07) is 12.8. The van der Waals surface area contributed by atoms with E-state index >= 15 is 0 Å². The molecule has 2 aromatic heterocycles. The van der Waals surface area contributed by atoms with Crippen LogP contribution in [0.2, 0.25) is 0 Å². The molecule has 1 saturated carbocycles. The quantitative estimate of drug-likeness (QED) is 0.454. The molecule has 0 radical (unpaired) electrons. The number of nitrogens with zero attached hydrogens (tertiary/aromatic N) is 3. The van der Waals surface area contributed by atoms with Gasteiger partial charge in [-0.05, 0) is 50.2 Å². The predicted octanol–water partition coefficient (Wildman–Crippen LogP) is 6.30. The highest BCUT2D eigenvalue weighted by atomic mass is 16.1. The summed E-state index contributed by atoms with van der Waals surface area (Å²) in [6.45, 7) is 8.77. The second-order valence-electron chi connectivity index (χ2n) is 9.83. The van der Waals surface area contributed by atoms with Crippen molar-refractivity contribution in [1.82, 2.24) is 14.5 Å². The highest BCUT2D eigenvalue weighted by molar-refractivity contribution is 5.76. The zero-order chi connectivity index (χ0) is 22.7. The summed E-state index contributed by atoms with van der Waals surface area (Å²) in [4.78, 5) is 23.2. The Hall–Kier alpha value is -2.69. The van der Waals surface area contributed by atoms with Crippen molar-refractivity contribution in [2.24, 2.45) is 5.92 Å². The molecule has 1 aliphatic carbocycles. The normalized spacial score (nSPS) is 16.5. The van der Waals surface area contributed by atoms with Crippen LogP contribution in [0.3, 0.4) is 0 Å². The van der Waals surface area contributed by atoms with Crippen LogP contribution in [0.1, 0.15) is 89.3 Å². The molecule has 0 aliphatic heterocycles. The van der Waals surface area contributed by atoms with E-state index in [2.05, 4.69) is 50.1 Å². The maximum atomic E-state index is 13.8. The summed E-state index contributed by atoms with van der Waals surface area (Å²) >= 11 is 0. The van der Waals surface area contributed by atoms with Gasteiger partial charge >= 0.3 is 0 Å². The van der Waals surface area contributed by atoms with E-state index in [0.29, 0.717) is 17.9 Å². The molecule has 1 N–H and O–H groups in total. The number of aromatic nitrogens is 3. The van der Waals surface area contributed by atoms with Crippen LogP contribution < -0.4 is 10.9 Å². The standard InChI is InChI=1S/C27H36N4O/c1-18(2)14-15-19(3)29-27-28-17-22-16-24(20(4)21-10-6-5-7-11-21)26(32)31(25(22)30-27)23-12-8-9-13-23/h5-7,10-11,16-20,23H,8-9,12-15H2,1-4H3,(H,28,29,30). The zero-order valence-electron chi connectivity index (χ0n) is 19.8. The van der Waals surface area contributed by atoms with Gasteiger partial charge in [-0.25, -0.2) is 4.98 Å². The fourth-order valence-electron chi connectivity index (χ4n) is 4.82. The summed E-state index contributed by atoms with van der Waals surface area (Å²) in [5, 5.41) is 4.39. The maximum Gasteiger partial charge on any atom is 0.256 e. The van der Waals surface area contributed by atoms with E-state index in [9.17, 15) is 4.79 Å². The van der Waals surface area contributed by atoms with Gasteiger partial charge in [0.15, 0.2) is 0 Å². The summed E-state index contributed by atoms with van der Waals surface area (Å²) in [7, 11) is 0. The van der Waals surface area contributed by atoms with Crippen LogP contribution in [-0.4, -0.2) is 20.6 Å². The Balaban J connectivity index is 1.75. The lowest BCUT2D eigenvalue weighted by Gasteiger charge is -2.21. The van der Waals surface area contributed by atoms with Crippen LogP contribution in [0.4, 0.5) is 5.95 Å². The monoisotopic (exact) mass is 432 g/mol. The second-order valence-corrected chi connectivity index (χ2v) is 9.83.